The number of pyridine rings is 1. The third kappa shape index (κ3) is 5.64. The van der Waals surface area contributed by atoms with Crippen LogP contribution in [0, 0.1) is 5.92 Å². The van der Waals surface area contributed by atoms with Crippen LogP contribution in [0.2, 0.25) is 0 Å². The van der Waals surface area contributed by atoms with Crippen molar-refractivity contribution in [2.75, 3.05) is 12.0 Å². The molecule has 0 saturated heterocycles. The van der Waals surface area contributed by atoms with Crippen molar-refractivity contribution in [1.82, 2.24) is 24.7 Å². The van der Waals surface area contributed by atoms with Crippen LogP contribution in [0.5, 0.6) is 0 Å². The minimum Gasteiger partial charge on any atom is -0.343 e. The Morgan fingerprint density at radius 2 is 2.06 bits per heavy atom. The number of nitrogens with one attached hydrogen (secondary N) is 1. The second-order valence-electron chi connectivity index (χ2n) is 8.25. The lowest BCUT2D eigenvalue weighted by molar-refractivity contribution is -0.163. The molecule has 3 aromatic rings. The van der Waals surface area contributed by atoms with E-state index in [2.05, 4.69) is 20.1 Å². The van der Waals surface area contributed by atoms with Crippen LogP contribution in [-0.2, 0) is 9.84 Å². The van der Waals surface area contributed by atoms with Gasteiger partial charge in [-0.1, -0.05) is 18.2 Å². The van der Waals surface area contributed by atoms with Crippen LogP contribution in [0.15, 0.2) is 60.9 Å². The first kappa shape index (κ1) is 23.9. The molecule has 1 aliphatic carbocycles. The number of fused-ring (bicyclic) bond motifs is 1. The number of imidazole rings is 1. The highest BCUT2D eigenvalue weighted by Crippen LogP contribution is 2.37. The molecule has 0 spiro atoms. The zero-order chi connectivity index (χ0) is 24.3. The average Bonchev–Trinajstić information content (AvgIpc) is 3.43. The number of aromatic amines is 1. The van der Waals surface area contributed by atoms with E-state index < -0.39 is 34.1 Å². The fraction of sp³-hybridized carbons (Fsp3) is 0.348. The molecule has 34 heavy (non-hydrogen) atoms. The smallest absolute Gasteiger partial charge is 0.343 e. The van der Waals surface area contributed by atoms with Crippen LogP contribution in [0.4, 0.5) is 13.2 Å². The largest absolute Gasteiger partial charge is 0.395 e. The molecule has 0 bridgehead atoms. The molecular weight excluding hydrogens is 467 g/mol. The predicted molar refractivity (Wildman–Crippen MR) is 124 cm³/mol. The summed E-state index contributed by atoms with van der Waals surface area (Å²) < 4.78 is 66.6. The second kappa shape index (κ2) is 9.57. The van der Waals surface area contributed by atoms with Gasteiger partial charge in [0.25, 0.3) is 0 Å². The first-order chi connectivity index (χ1) is 16.1. The number of alkyl halides is 3. The van der Waals surface area contributed by atoms with Gasteiger partial charge in [0.05, 0.1) is 35.4 Å². The molecule has 0 aliphatic heterocycles. The molecule has 3 heterocycles. The van der Waals surface area contributed by atoms with E-state index in [0.29, 0.717) is 24.2 Å². The van der Waals surface area contributed by atoms with Crippen molar-refractivity contribution >= 4 is 26.7 Å². The van der Waals surface area contributed by atoms with E-state index in [1.165, 1.54) is 12.2 Å². The molecule has 180 valence electrons. The van der Waals surface area contributed by atoms with Gasteiger partial charge in [0.1, 0.15) is 9.84 Å². The number of sulfone groups is 1. The van der Waals surface area contributed by atoms with Crippen molar-refractivity contribution in [3.05, 3.63) is 60.9 Å². The summed E-state index contributed by atoms with van der Waals surface area (Å²) in [6.07, 6.45) is 10.9. The Morgan fingerprint density at radius 3 is 2.82 bits per heavy atom. The third-order valence-electron chi connectivity index (χ3n) is 5.61. The van der Waals surface area contributed by atoms with Crippen molar-refractivity contribution in [1.29, 1.82) is 0 Å². The summed E-state index contributed by atoms with van der Waals surface area (Å²) in [5.74, 6) is -2.45. The van der Waals surface area contributed by atoms with Crippen molar-refractivity contribution < 1.29 is 21.6 Å². The quantitative estimate of drug-likeness (QED) is 0.527. The highest BCUT2D eigenvalue weighted by Gasteiger charge is 2.41. The Labute approximate surface area is 195 Å². The standard InChI is InChI=1S/C23H24F3N5O2S/c1-34(32,33)11-9-20(23(24,25)26)16-6-4-2-3-5-7-18(12-16)31-14-17(13-30-31)19-8-10-27-22-21(19)28-15-29-22/h4,6-8,10,12-15,20H,2-3,5,9,11H2,1H3,(H,27,28,29)/b6-4?,16-12-,18-7+. The highest BCUT2D eigenvalue weighted by molar-refractivity contribution is 7.90. The summed E-state index contributed by atoms with van der Waals surface area (Å²) in [6, 6.07) is 1.81. The first-order valence-corrected chi connectivity index (χ1v) is 12.8. The molecule has 11 heteroatoms. The maximum Gasteiger partial charge on any atom is 0.395 e. The normalized spacial score (nSPS) is 19.5. The van der Waals surface area contributed by atoms with Crippen LogP contribution < -0.4 is 0 Å². The molecule has 0 saturated carbocycles. The van der Waals surface area contributed by atoms with Gasteiger partial charge in [-0.3, -0.25) is 0 Å². The van der Waals surface area contributed by atoms with Gasteiger partial charge in [-0.25, -0.2) is 23.1 Å². The van der Waals surface area contributed by atoms with Crippen molar-refractivity contribution in [3.63, 3.8) is 0 Å². The SMILES string of the molecule is CS(=O)(=O)CCC(/C1=C\C(n2cc(-c3ccnc4nc[nH]c34)cn2)=C/CCCC=C1)C(F)(F)F. The Bertz CT molecular complexity index is 1370. The molecule has 0 aromatic carbocycles. The van der Waals surface area contributed by atoms with Crippen molar-refractivity contribution in [2.45, 2.75) is 31.9 Å². The number of nitrogens with zero attached hydrogens (tertiary/aromatic N) is 4. The topological polar surface area (TPSA) is 93.5 Å². The highest BCUT2D eigenvalue weighted by atomic mass is 32.2. The molecule has 0 radical (unpaired) electrons. The van der Waals surface area contributed by atoms with E-state index in [9.17, 15) is 21.6 Å². The van der Waals surface area contributed by atoms with Crippen LogP contribution in [0.25, 0.3) is 28.0 Å². The van der Waals surface area contributed by atoms with Gasteiger partial charge in [0.2, 0.25) is 0 Å². The molecule has 3 aromatic heterocycles. The Hall–Kier alpha value is -3.21. The maximum absolute atomic E-state index is 14.0. The van der Waals surface area contributed by atoms with Gasteiger partial charge in [0, 0.05) is 29.8 Å². The van der Waals surface area contributed by atoms with Crippen LogP contribution in [0.1, 0.15) is 25.7 Å². The van der Waals surface area contributed by atoms with E-state index in [4.69, 9.17) is 0 Å². The lowest BCUT2D eigenvalue weighted by Crippen LogP contribution is -2.27. The number of rotatable bonds is 6. The number of hydrogen-bond donors (Lipinski definition) is 1. The number of aromatic nitrogens is 5. The molecule has 0 fully saturated rings. The van der Waals surface area contributed by atoms with E-state index in [0.717, 1.165) is 29.3 Å². The zero-order valence-corrected chi connectivity index (χ0v) is 19.3. The summed E-state index contributed by atoms with van der Waals surface area (Å²) in [4.78, 5) is 11.4. The lowest BCUT2D eigenvalue weighted by atomic mass is 9.94. The van der Waals surface area contributed by atoms with Gasteiger partial charge in [0.15, 0.2) is 5.65 Å². The van der Waals surface area contributed by atoms with Gasteiger partial charge < -0.3 is 4.98 Å². The molecule has 1 N–H and O–H groups in total. The van der Waals surface area contributed by atoms with Crippen molar-refractivity contribution in [2.24, 2.45) is 5.92 Å². The number of H-pyrrole nitrogens is 1. The summed E-state index contributed by atoms with van der Waals surface area (Å²) in [7, 11) is -3.54. The summed E-state index contributed by atoms with van der Waals surface area (Å²) in [5.41, 5.74) is 3.38. The Balaban J connectivity index is 1.73. The minimum absolute atomic E-state index is 0.0150. The molecule has 1 aliphatic rings. The molecule has 0 amide bonds. The summed E-state index contributed by atoms with van der Waals surface area (Å²) in [6.45, 7) is 0. The zero-order valence-electron chi connectivity index (χ0n) is 18.5. The molecule has 7 nitrogen and oxygen atoms in total. The van der Waals surface area contributed by atoms with E-state index >= 15 is 0 Å². The average molecular weight is 492 g/mol. The van der Waals surface area contributed by atoms with Gasteiger partial charge in [-0.05, 0) is 43.4 Å². The predicted octanol–water partition coefficient (Wildman–Crippen LogP) is 4.94. The van der Waals surface area contributed by atoms with E-state index in [1.54, 1.807) is 35.7 Å². The molecule has 1 atom stereocenters. The molecule has 1 unspecified atom stereocenters. The van der Waals surface area contributed by atoms with Crippen LogP contribution >= 0.6 is 0 Å². The Kier molecular flexibility index (Phi) is 6.74. The van der Waals surface area contributed by atoms with Crippen LogP contribution in [-0.4, -0.2) is 51.3 Å². The van der Waals surface area contributed by atoms with E-state index in [1.807, 2.05) is 12.1 Å². The maximum atomic E-state index is 14.0. The third-order valence-corrected chi connectivity index (χ3v) is 6.59. The Morgan fingerprint density at radius 1 is 1.24 bits per heavy atom. The fourth-order valence-corrected chi connectivity index (χ4v) is 4.57. The second-order valence-corrected chi connectivity index (χ2v) is 10.5. The summed E-state index contributed by atoms with van der Waals surface area (Å²) >= 11 is 0. The van der Waals surface area contributed by atoms with Gasteiger partial charge in [-0.15, -0.1) is 0 Å². The lowest BCUT2D eigenvalue weighted by Gasteiger charge is -2.22. The van der Waals surface area contributed by atoms with E-state index in [-0.39, 0.29) is 5.57 Å². The molecular formula is C23H24F3N5O2S. The number of hydrogen-bond acceptors (Lipinski definition) is 5. The van der Waals surface area contributed by atoms with Crippen LogP contribution in [0.3, 0.4) is 0 Å². The summed E-state index contributed by atoms with van der Waals surface area (Å²) in [5, 5.41) is 4.40. The monoisotopic (exact) mass is 491 g/mol. The van der Waals surface area contributed by atoms with Gasteiger partial charge in [-0.2, -0.15) is 18.3 Å². The first-order valence-electron chi connectivity index (χ1n) is 10.8. The number of allylic oxidation sites excluding steroid dienone is 6. The number of halogens is 3. The molecule has 4 rings (SSSR count). The fourth-order valence-electron chi connectivity index (χ4n) is 3.90. The van der Waals surface area contributed by atoms with Crippen molar-refractivity contribution in [3.8, 4) is 11.1 Å². The van der Waals surface area contributed by atoms with Gasteiger partial charge >= 0.3 is 6.18 Å². The minimum atomic E-state index is -4.58.